The lowest BCUT2D eigenvalue weighted by molar-refractivity contribution is -0.116. The summed E-state index contributed by atoms with van der Waals surface area (Å²) in [4.78, 5) is 12.0. The minimum atomic E-state index is 0.0312. The van der Waals surface area contributed by atoms with Gasteiger partial charge in [-0.3, -0.25) is 4.79 Å². The van der Waals surface area contributed by atoms with E-state index >= 15 is 0 Å². The minimum absolute atomic E-state index is 0.0312. The van der Waals surface area contributed by atoms with Crippen molar-refractivity contribution in [2.24, 2.45) is 0 Å². The van der Waals surface area contributed by atoms with Gasteiger partial charge < -0.3 is 14.8 Å². The monoisotopic (exact) mass is 297 g/mol. The van der Waals surface area contributed by atoms with Crippen molar-refractivity contribution in [1.82, 2.24) is 0 Å². The fraction of sp³-hybridized carbons (Fsp3) is 0.278. The molecule has 1 atom stereocenters. The Hall–Kier alpha value is -2.49. The second kappa shape index (κ2) is 6.10. The number of ether oxygens (including phenoxy) is 2. The van der Waals surface area contributed by atoms with Gasteiger partial charge in [-0.2, -0.15) is 0 Å². The molecule has 0 bridgehead atoms. The molecule has 1 aliphatic rings. The molecule has 0 saturated carbocycles. The van der Waals surface area contributed by atoms with Crippen LogP contribution in [0.1, 0.15) is 23.5 Å². The third kappa shape index (κ3) is 2.77. The molecule has 0 saturated heterocycles. The molecule has 3 rings (SSSR count). The molecule has 0 radical (unpaired) electrons. The van der Waals surface area contributed by atoms with Crippen LogP contribution < -0.4 is 14.8 Å². The summed E-state index contributed by atoms with van der Waals surface area (Å²) in [5, 5.41) is 2.93. The summed E-state index contributed by atoms with van der Waals surface area (Å²) < 4.78 is 10.8. The molecule has 0 unspecified atom stereocenters. The average molecular weight is 297 g/mol. The number of carbonyl (C=O) groups is 1. The Morgan fingerprint density at radius 3 is 2.59 bits per heavy atom. The number of carbonyl (C=O) groups excluding carboxylic acids is 1. The standard InChI is InChI=1S/C18H19NO3/c1-21-14-10-15-18(16(11-14)22-2)13(9-17(20)19-15)8-12-6-4-3-5-7-12/h3-7,10-11,13H,8-9H2,1-2H3,(H,19,20)/t13-/m1/s1. The number of benzene rings is 2. The fourth-order valence-electron chi connectivity index (χ4n) is 3.01. The van der Waals surface area contributed by atoms with E-state index in [0.717, 1.165) is 23.4 Å². The molecule has 0 aliphatic carbocycles. The highest BCUT2D eigenvalue weighted by molar-refractivity contribution is 5.95. The zero-order valence-electron chi connectivity index (χ0n) is 12.8. The highest BCUT2D eigenvalue weighted by Crippen LogP contribution is 2.43. The summed E-state index contributed by atoms with van der Waals surface area (Å²) in [5.74, 6) is 1.57. The van der Waals surface area contributed by atoms with Gasteiger partial charge in [0.05, 0.1) is 19.9 Å². The average Bonchev–Trinajstić information content (AvgIpc) is 2.54. The molecule has 1 amide bonds. The quantitative estimate of drug-likeness (QED) is 0.941. The Morgan fingerprint density at radius 2 is 1.91 bits per heavy atom. The van der Waals surface area contributed by atoms with E-state index in [-0.39, 0.29) is 11.8 Å². The Kier molecular flexibility index (Phi) is 4.00. The van der Waals surface area contributed by atoms with Gasteiger partial charge in [0.1, 0.15) is 11.5 Å². The van der Waals surface area contributed by atoms with Crippen LogP contribution in [0.2, 0.25) is 0 Å². The lowest BCUT2D eigenvalue weighted by atomic mass is 9.85. The molecule has 1 N–H and O–H groups in total. The van der Waals surface area contributed by atoms with Crippen molar-refractivity contribution in [3.63, 3.8) is 0 Å². The maximum absolute atomic E-state index is 12.0. The second-order valence-corrected chi connectivity index (χ2v) is 5.43. The summed E-state index contributed by atoms with van der Waals surface area (Å²) >= 11 is 0. The van der Waals surface area contributed by atoms with Gasteiger partial charge in [-0.1, -0.05) is 30.3 Å². The van der Waals surface area contributed by atoms with Crippen molar-refractivity contribution in [2.75, 3.05) is 19.5 Å². The first-order valence-corrected chi connectivity index (χ1v) is 7.31. The first-order valence-electron chi connectivity index (χ1n) is 7.31. The molecular formula is C18H19NO3. The number of methoxy groups -OCH3 is 2. The normalized spacial score (nSPS) is 16.6. The van der Waals surface area contributed by atoms with E-state index in [9.17, 15) is 4.79 Å². The van der Waals surface area contributed by atoms with E-state index in [1.54, 1.807) is 14.2 Å². The lowest BCUT2D eigenvalue weighted by Crippen LogP contribution is -2.24. The number of anilines is 1. The topological polar surface area (TPSA) is 47.6 Å². The van der Waals surface area contributed by atoms with Gasteiger partial charge in [0.2, 0.25) is 5.91 Å². The van der Waals surface area contributed by atoms with Crippen LogP contribution in [-0.4, -0.2) is 20.1 Å². The van der Waals surface area contributed by atoms with Crippen LogP contribution in [0, 0.1) is 0 Å². The van der Waals surface area contributed by atoms with Crippen LogP contribution in [-0.2, 0) is 11.2 Å². The van der Waals surface area contributed by atoms with Gasteiger partial charge in [-0.25, -0.2) is 0 Å². The molecule has 1 heterocycles. The van der Waals surface area contributed by atoms with Gasteiger partial charge in [-0.05, 0) is 12.0 Å². The molecule has 4 heteroatoms. The lowest BCUT2D eigenvalue weighted by Gasteiger charge is -2.28. The molecular weight excluding hydrogens is 278 g/mol. The Morgan fingerprint density at radius 1 is 1.14 bits per heavy atom. The zero-order chi connectivity index (χ0) is 15.5. The van der Waals surface area contributed by atoms with Crippen LogP contribution in [0.5, 0.6) is 11.5 Å². The van der Waals surface area contributed by atoms with Crippen molar-refractivity contribution in [3.8, 4) is 11.5 Å². The van der Waals surface area contributed by atoms with Gasteiger partial charge in [0.15, 0.2) is 0 Å². The third-order valence-electron chi connectivity index (χ3n) is 4.01. The molecule has 2 aromatic rings. The number of amides is 1. The summed E-state index contributed by atoms with van der Waals surface area (Å²) in [6.07, 6.45) is 1.27. The molecule has 114 valence electrons. The van der Waals surface area contributed by atoms with Crippen LogP contribution in [0.25, 0.3) is 0 Å². The molecule has 1 aliphatic heterocycles. The highest BCUT2D eigenvalue weighted by Gasteiger charge is 2.29. The number of hydrogen-bond acceptors (Lipinski definition) is 3. The van der Waals surface area contributed by atoms with E-state index in [2.05, 4.69) is 17.4 Å². The van der Waals surface area contributed by atoms with E-state index in [1.807, 2.05) is 30.3 Å². The first kappa shape index (κ1) is 14.4. The molecule has 4 nitrogen and oxygen atoms in total. The van der Waals surface area contributed by atoms with E-state index in [0.29, 0.717) is 12.2 Å². The van der Waals surface area contributed by atoms with Gasteiger partial charge in [0.25, 0.3) is 0 Å². The third-order valence-corrected chi connectivity index (χ3v) is 4.01. The molecule has 0 aromatic heterocycles. The molecule has 22 heavy (non-hydrogen) atoms. The fourth-order valence-corrected chi connectivity index (χ4v) is 3.01. The largest absolute Gasteiger partial charge is 0.497 e. The van der Waals surface area contributed by atoms with E-state index in [4.69, 9.17) is 9.47 Å². The van der Waals surface area contributed by atoms with Gasteiger partial charge >= 0.3 is 0 Å². The zero-order valence-corrected chi connectivity index (χ0v) is 12.8. The number of hydrogen-bond donors (Lipinski definition) is 1. The minimum Gasteiger partial charge on any atom is -0.497 e. The van der Waals surface area contributed by atoms with Crippen molar-refractivity contribution < 1.29 is 14.3 Å². The van der Waals surface area contributed by atoms with Crippen LogP contribution >= 0.6 is 0 Å². The molecule has 0 fully saturated rings. The Labute approximate surface area is 130 Å². The number of rotatable bonds is 4. The second-order valence-electron chi connectivity index (χ2n) is 5.43. The summed E-state index contributed by atoms with van der Waals surface area (Å²) in [6, 6.07) is 13.9. The van der Waals surface area contributed by atoms with Crippen molar-refractivity contribution in [3.05, 3.63) is 53.6 Å². The Balaban J connectivity index is 2.02. The number of nitrogens with one attached hydrogen (secondary N) is 1. The van der Waals surface area contributed by atoms with E-state index in [1.165, 1.54) is 5.56 Å². The molecule has 2 aromatic carbocycles. The van der Waals surface area contributed by atoms with Crippen molar-refractivity contribution >= 4 is 11.6 Å². The predicted octanol–water partition coefficient (Wildman–Crippen LogP) is 3.37. The smallest absolute Gasteiger partial charge is 0.225 e. The molecule has 0 spiro atoms. The summed E-state index contributed by atoms with van der Waals surface area (Å²) in [6.45, 7) is 0. The highest BCUT2D eigenvalue weighted by atomic mass is 16.5. The van der Waals surface area contributed by atoms with Crippen molar-refractivity contribution in [1.29, 1.82) is 0 Å². The van der Waals surface area contributed by atoms with Crippen LogP contribution in [0.4, 0.5) is 5.69 Å². The maximum atomic E-state index is 12.0. The maximum Gasteiger partial charge on any atom is 0.225 e. The first-order chi connectivity index (χ1) is 10.7. The van der Waals surface area contributed by atoms with Crippen molar-refractivity contribution in [2.45, 2.75) is 18.8 Å². The predicted molar refractivity (Wildman–Crippen MR) is 85.7 cm³/mol. The van der Waals surface area contributed by atoms with Crippen LogP contribution in [0.3, 0.4) is 0 Å². The summed E-state index contributed by atoms with van der Waals surface area (Å²) in [7, 11) is 3.25. The number of fused-ring (bicyclic) bond motifs is 1. The van der Waals surface area contributed by atoms with E-state index < -0.39 is 0 Å². The van der Waals surface area contributed by atoms with Crippen LogP contribution in [0.15, 0.2) is 42.5 Å². The summed E-state index contributed by atoms with van der Waals surface area (Å²) in [5.41, 5.74) is 3.05. The Bertz CT molecular complexity index is 682. The SMILES string of the molecule is COc1cc2c(c(OC)c1)[C@H](Cc1ccccc1)CC(=O)N2. The van der Waals surface area contributed by atoms with Gasteiger partial charge in [0, 0.05) is 30.0 Å². The van der Waals surface area contributed by atoms with Gasteiger partial charge in [-0.15, -0.1) is 0 Å².